The lowest BCUT2D eigenvalue weighted by molar-refractivity contribution is -0.136. The van der Waals surface area contributed by atoms with E-state index in [1.807, 2.05) is 66.1 Å². The van der Waals surface area contributed by atoms with Crippen LogP contribution < -0.4 is 10.4 Å². The summed E-state index contributed by atoms with van der Waals surface area (Å²) < 4.78 is 18.8. The van der Waals surface area contributed by atoms with Crippen LogP contribution in [0.3, 0.4) is 0 Å². The Labute approximate surface area is 182 Å². The zero-order valence-corrected chi connectivity index (χ0v) is 17.5. The number of nitrogens with zero attached hydrogens (tertiary/aromatic N) is 1. The number of carbonyl (C=O) groups is 1. The Morgan fingerprint density at radius 1 is 0.935 bits per heavy atom. The molecule has 31 heavy (non-hydrogen) atoms. The molecule has 0 saturated carbocycles. The van der Waals surface area contributed by atoms with Crippen LogP contribution in [0.4, 0.5) is 15.8 Å². The molecule has 0 aliphatic rings. The Morgan fingerprint density at radius 3 is 1.97 bits per heavy atom. The first kappa shape index (κ1) is 22.5. The number of hydroxylamine groups is 1. The van der Waals surface area contributed by atoms with Crippen molar-refractivity contribution in [3.8, 4) is 0 Å². The summed E-state index contributed by atoms with van der Waals surface area (Å²) in [4.78, 5) is 15.1. The van der Waals surface area contributed by atoms with Gasteiger partial charge in [-0.25, -0.2) is 9.87 Å². The van der Waals surface area contributed by atoms with Gasteiger partial charge in [0.2, 0.25) is 0 Å². The largest absolute Gasteiger partial charge is 0.385 e. The SMILES string of the molecule is COCC[C@](CCN(c1ccccc1)c1ccccc1)(C(=O)NO)c1ccc(F)cc1. The van der Waals surface area contributed by atoms with Gasteiger partial charge in [-0.2, -0.15) is 0 Å². The average Bonchev–Trinajstić information content (AvgIpc) is 2.83. The Hall–Kier alpha value is -3.22. The maximum absolute atomic E-state index is 13.6. The van der Waals surface area contributed by atoms with E-state index in [-0.39, 0.29) is 5.82 Å². The van der Waals surface area contributed by atoms with Crippen molar-refractivity contribution in [2.75, 3.05) is 25.2 Å². The average molecular weight is 423 g/mol. The van der Waals surface area contributed by atoms with Gasteiger partial charge in [0.05, 0.1) is 5.41 Å². The number of nitrogens with one attached hydrogen (secondary N) is 1. The van der Waals surface area contributed by atoms with E-state index in [0.717, 1.165) is 11.4 Å². The van der Waals surface area contributed by atoms with E-state index in [1.165, 1.54) is 12.1 Å². The number of methoxy groups -OCH3 is 1. The zero-order chi connectivity index (χ0) is 22.1. The summed E-state index contributed by atoms with van der Waals surface area (Å²) >= 11 is 0. The van der Waals surface area contributed by atoms with Crippen molar-refractivity contribution in [3.05, 3.63) is 96.3 Å². The van der Waals surface area contributed by atoms with Crippen LogP contribution in [0.25, 0.3) is 0 Å². The molecular weight excluding hydrogens is 395 g/mol. The van der Waals surface area contributed by atoms with Crippen LogP contribution in [-0.4, -0.2) is 31.4 Å². The lowest BCUT2D eigenvalue weighted by Crippen LogP contribution is -2.46. The third-order valence-corrected chi connectivity index (χ3v) is 5.56. The van der Waals surface area contributed by atoms with Gasteiger partial charge < -0.3 is 9.64 Å². The quantitative estimate of drug-likeness (QED) is 0.363. The molecule has 6 heteroatoms. The van der Waals surface area contributed by atoms with Crippen molar-refractivity contribution < 1.29 is 19.1 Å². The lowest BCUT2D eigenvalue weighted by atomic mass is 9.74. The summed E-state index contributed by atoms with van der Waals surface area (Å²) in [7, 11) is 1.56. The standard InChI is InChI=1S/C25H27FN2O3/c1-31-19-17-25(24(29)27-30,20-12-14-21(26)15-13-20)16-18-28(22-8-4-2-5-9-22)23-10-6-3-7-11-23/h2-15,30H,16-19H2,1H3,(H,27,29)/t25-/m0/s1. The van der Waals surface area contributed by atoms with E-state index in [4.69, 9.17) is 4.74 Å². The number of ether oxygens (including phenoxy) is 1. The van der Waals surface area contributed by atoms with Crippen LogP contribution in [-0.2, 0) is 14.9 Å². The number of hydrogen-bond donors (Lipinski definition) is 2. The van der Waals surface area contributed by atoms with Crippen LogP contribution in [0.2, 0.25) is 0 Å². The van der Waals surface area contributed by atoms with Crippen LogP contribution in [0, 0.1) is 5.82 Å². The van der Waals surface area contributed by atoms with Crippen molar-refractivity contribution >= 4 is 17.3 Å². The predicted molar refractivity (Wildman–Crippen MR) is 119 cm³/mol. The van der Waals surface area contributed by atoms with Gasteiger partial charge in [-0.05, 0) is 54.8 Å². The van der Waals surface area contributed by atoms with Crippen LogP contribution in [0.15, 0.2) is 84.9 Å². The van der Waals surface area contributed by atoms with Gasteiger partial charge in [0.1, 0.15) is 5.82 Å². The summed E-state index contributed by atoms with van der Waals surface area (Å²) in [5.41, 5.74) is 3.32. The number of carbonyl (C=O) groups excluding carboxylic acids is 1. The molecule has 5 nitrogen and oxygen atoms in total. The molecule has 3 aromatic carbocycles. The highest BCUT2D eigenvalue weighted by molar-refractivity contribution is 5.87. The minimum absolute atomic E-state index is 0.307. The topological polar surface area (TPSA) is 61.8 Å². The molecular formula is C25H27FN2O3. The molecule has 3 aromatic rings. The maximum atomic E-state index is 13.6. The Bertz CT molecular complexity index is 912. The summed E-state index contributed by atoms with van der Waals surface area (Å²) in [6.07, 6.45) is 0.705. The zero-order valence-electron chi connectivity index (χ0n) is 17.5. The minimum atomic E-state index is -1.10. The van der Waals surface area contributed by atoms with E-state index in [2.05, 4.69) is 4.90 Å². The Balaban J connectivity index is 2.00. The second-order valence-electron chi connectivity index (χ2n) is 7.35. The first-order valence-corrected chi connectivity index (χ1v) is 10.2. The molecule has 0 bridgehead atoms. The molecule has 0 fully saturated rings. The summed E-state index contributed by atoms with van der Waals surface area (Å²) in [5.74, 6) is -0.929. The highest BCUT2D eigenvalue weighted by atomic mass is 19.1. The Morgan fingerprint density at radius 2 is 1.48 bits per heavy atom. The lowest BCUT2D eigenvalue weighted by Gasteiger charge is -2.35. The smallest absolute Gasteiger partial charge is 0.254 e. The third-order valence-electron chi connectivity index (χ3n) is 5.56. The number of rotatable bonds is 10. The molecule has 0 spiro atoms. The van der Waals surface area contributed by atoms with E-state index in [1.54, 1.807) is 19.2 Å². The normalized spacial score (nSPS) is 12.7. The second kappa shape index (κ2) is 10.7. The maximum Gasteiger partial charge on any atom is 0.254 e. The van der Waals surface area contributed by atoms with E-state index in [9.17, 15) is 14.4 Å². The first-order chi connectivity index (χ1) is 15.1. The minimum Gasteiger partial charge on any atom is -0.385 e. The first-order valence-electron chi connectivity index (χ1n) is 10.2. The number of benzene rings is 3. The van der Waals surface area contributed by atoms with Crippen LogP contribution in [0.5, 0.6) is 0 Å². The molecule has 0 aromatic heterocycles. The fraction of sp³-hybridized carbons (Fsp3) is 0.240. The fourth-order valence-electron chi connectivity index (χ4n) is 3.85. The van der Waals surface area contributed by atoms with Crippen molar-refractivity contribution in [2.24, 2.45) is 0 Å². The number of para-hydroxylation sites is 2. The molecule has 1 amide bonds. The highest BCUT2D eigenvalue weighted by Gasteiger charge is 2.40. The number of hydrogen-bond acceptors (Lipinski definition) is 4. The predicted octanol–water partition coefficient (Wildman–Crippen LogP) is 4.83. The van der Waals surface area contributed by atoms with Gasteiger partial charge in [0.25, 0.3) is 5.91 Å². The monoisotopic (exact) mass is 422 g/mol. The van der Waals surface area contributed by atoms with Crippen LogP contribution in [0.1, 0.15) is 18.4 Å². The molecule has 0 unspecified atom stereocenters. The molecule has 0 saturated heterocycles. The van der Waals surface area contributed by atoms with Gasteiger partial charge in [-0.1, -0.05) is 48.5 Å². The van der Waals surface area contributed by atoms with Crippen molar-refractivity contribution in [2.45, 2.75) is 18.3 Å². The van der Waals surface area contributed by atoms with Gasteiger partial charge in [0.15, 0.2) is 0 Å². The van der Waals surface area contributed by atoms with E-state index >= 15 is 0 Å². The highest BCUT2D eigenvalue weighted by Crippen LogP contribution is 2.35. The van der Waals surface area contributed by atoms with Gasteiger partial charge in [-0.3, -0.25) is 10.0 Å². The summed E-state index contributed by atoms with van der Waals surface area (Å²) in [6, 6.07) is 25.6. The van der Waals surface area contributed by atoms with Gasteiger partial charge >= 0.3 is 0 Å². The second-order valence-corrected chi connectivity index (χ2v) is 7.35. The molecule has 3 rings (SSSR count). The number of anilines is 2. The van der Waals surface area contributed by atoms with E-state index in [0.29, 0.717) is 31.6 Å². The molecule has 0 aliphatic carbocycles. The summed E-state index contributed by atoms with van der Waals surface area (Å²) in [6.45, 7) is 0.796. The molecule has 2 N–H and O–H groups in total. The van der Waals surface area contributed by atoms with Gasteiger partial charge in [0, 0.05) is 31.6 Å². The Kier molecular flexibility index (Phi) is 7.76. The van der Waals surface area contributed by atoms with Crippen molar-refractivity contribution in [1.82, 2.24) is 5.48 Å². The number of amides is 1. The molecule has 0 radical (unpaired) electrons. The molecule has 162 valence electrons. The van der Waals surface area contributed by atoms with Crippen LogP contribution >= 0.6 is 0 Å². The summed E-state index contributed by atoms with van der Waals surface area (Å²) in [5, 5.41) is 9.56. The third kappa shape index (κ3) is 5.29. The van der Waals surface area contributed by atoms with Crippen molar-refractivity contribution in [1.29, 1.82) is 0 Å². The fourth-order valence-corrected chi connectivity index (χ4v) is 3.85. The van der Waals surface area contributed by atoms with Gasteiger partial charge in [-0.15, -0.1) is 0 Å². The molecule has 0 heterocycles. The number of halogens is 1. The molecule has 1 atom stereocenters. The molecule has 0 aliphatic heterocycles. The van der Waals surface area contributed by atoms with Crippen molar-refractivity contribution in [3.63, 3.8) is 0 Å². The van der Waals surface area contributed by atoms with E-state index < -0.39 is 11.3 Å².